The van der Waals surface area contributed by atoms with E-state index in [1.54, 1.807) is 0 Å². The SMILES string of the molecule is C[C@@H](NCc1cccc2c1OCO2)C1CCCCC1. The van der Waals surface area contributed by atoms with Crippen LogP contribution in [0.4, 0.5) is 0 Å². The van der Waals surface area contributed by atoms with Gasteiger partial charge in [0.15, 0.2) is 11.5 Å². The number of benzene rings is 1. The zero-order valence-corrected chi connectivity index (χ0v) is 11.7. The van der Waals surface area contributed by atoms with Crippen LogP contribution in [-0.2, 0) is 6.54 Å². The van der Waals surface area contributed by atoms with Crippen molar-refractivity contribution in [1.29, 1.82) is 0 Å². The second-order valence-electron chi connectivity index (χ2n) is 5.72. The molecule has 1 aliphatic heterocycles. The van der Waals surface area contributed by atoms with Gasteiger partial charge in [0, 0.05) is 18.2 Å². The molecule has 19 heavy (non-hydrogen) atoms. The van der Waals surface area contributed by atoms with Crippen molar-refractivity contribution in [3.63, 3.8) is 0 Å². The lowest BCUT2D eigenvalue weighted by atomic mass is 9.84. The molecule has 0 bridgehead atoms. The van der Waals surface area contributed by atoms with Crippen LogP contribution in [0.3, 0.4) is 0 Å². The second-order valence-corrected chi connectivity index (χ2v) is 5.72. The van der Waals surface area contributed by atoms with Gasteiger partial charge in [0.25, 0.3) is 0 Å². The van der Waals surface area contributed by atoms with Crippen molar-refractivity contribution in [2.45, 2.75) is 51.6 Å². The molecule has 1 N–H and O–H groups in total. The molecule has 3 rings (SSSR count). The highest BCUT2D eigenvalue weighted by Gasteiger charge is 2.21. The maximum atomic E-state index is 5.55. The molecule has 1 aliphatic carbocycles. The molecule has 1 aromatic rings. The number of ether oxygens (including phenoxy) is 2. The number of nitrogens with one attached hydrogen (secondary N) is 1. The summed E-state index contributed by atoms with van der Waals surface area (Å²) < 4.78 is 11.0. The topological polar surface area (TPSA) is 30.5 Å². The Hall–Kier alpha value is -1.22. The molecule has 0 unspecified atom stereocenters. The molecular weight excluding hydrogens is 238 g/mol. The molecule has 0 radical (unpaired) electrons. The minimum Gasteiger partial charge on any atom is -0.454 e. The Balaban J connectivity index is 1.58. The predicted octanol–water partition coefficient (Wildman–Crippen LogP) is 3.47. The van der Waals surface area contributed by atoms with Gasteiger partial charge in [0.05, 0.1) is 0 Å². The van der Waals surface area contributed by atoms with Crippen molar-refractivity contribution in [1.82, 2.24) is 5.32 Å². The first-order valence-electron chi connectivity index (χ1n) is 7.45. The normalized spacial score (nSPS) is 20.5. The van der Waals surface area contributed by atoms with Gasteiger partial charge in [-0.3, -0.25) is 0 Å². The maximum Gasteiger partial charge on any atom is 0.231 e. The number of rotatable bonds is 4. The lowest BCUT2D eigenvalue weighted by molar-refractivity contribution is 0.173. The van der Waals surface area contributed by atoms with Gasteiger partial charge in [-0.15, -0.1) is 0 Å². The number of fused-ring (bicyclic) bond motifs is 1. The minimum absolute atomic E-state index is 0.352. The van der Waals surface area contributed by atoms with Gasteiger partial charge in [0.2, 0.25) is 6.79 Å². The van der Waals surface area contributed by atoms with Crippen molar-refractivity contribution in [3.8, 4) is 11.5 Å². The molecule has 3 heteroatoms. The molecule has 0 aromatic heterocycles. The van der Waals surface area contributed by atoms with Gasteiger partial charge in [-0.25, -0.2) is 0 Å². The Kier molecular flexibility index (Phi) is 3.92. The first-order valence-corrected chi connectivity index (χ1v) is 7.45. The standard InChI is InChI=1S/C16H23NO2/c1-12(13-6-3-2-4-7-13)17-10-14-8-5-9-15-16(14)19-11-18-15/h5,8-9,12-13,17H,2-4,6-7,10-11H2,1H3/t12-/m1/s1. The average Bonchev–Trinajstić information content (AvgIpc) is 2.94. The zero-order chi connectivity index (χ0) is 13.1. The quantitative estimate of drug-likeness (QED) is 0.900. The van der Waals surface area contributed by atoms with Crippen LogP contribution in [-0.4, -0.2) is 12.8 Å². The summed E-state index contributed by atoms with van der Waals surface area (Å²) in [5.41, 5.74) is 1.21. The molecule has 0 saturated heterocycles. The van der Waals surface area contributed by atoms with E-state index in [-0.39, 0.29) is 0 Å². The van der Waals surface area contributed by atoms with Crippen LogP contribution in [0.25, 0.3) is 0 Å². The zero-order valence-electron chi connectivity index (χ0n) is 11.7. The predicted molar refractivity (Wildman–Crippen MR) is 75.4 cm³/mol. The van der Waals surface area contributed by atoms with Crippen LogP contribution in [0.1, 0.15) is 44.6 Å². The second kappa shape index (κ2) is 5.83. The third-order valence-corrected chi connectivity index (χ3v) is 4.45. The Morgan fingerprint density at radius 1 is 1.21 bits per heavy atom. The van der Waals surface area contributed by atoms with Gasteiger partial charge in [-0.05, 0) is 31.7 Å². The van der Waals surface area contributed by atoms with E-state index in [1.165, 1.54) is 37.7 Å². The minimum atomic E-state index is 0.352. The fraction of sp³-hybridized carbons (Fsp3) is 0.625. The van der Waals surface area contributed by atoms with Crippen molar-refractivity contribution in [2.75, 3.05) is 6.79 Å². The van der Waals surface area contributed by atoms with Crippen LogP contribution in [0, 0.1) is 5.92 Å². The van der Waals surface area contributed by atoms with Crippen LogP contribution >= 0.6 is 0 Å². The molecule has 0 amide bonds. The molecule has 104 valence electrons. The van der Waals surface area contributed by atoms with Crippen molar-refractivity contribution in [3.05, 3.63) is 23.8 Å². The van der Waals surface area contributed by atoms with E-state index in [0.717, 1.165) is 24.0 Å². The highest BCUT2D eigenvalue weighted by atomic mass is 16.7. The summed E-state index contributed by atoms with van der Waals surface area (Å²) in [4.78, 5) is 0. The summed E-state index contributed by atoms with van der Waals surface area (Å²) in [6.07, 6.45) is 6.96. The third-order valence-electron chi connectivity index (χ3n) is 4.45. The summed E-state index contributed by atoms with van der Waals surface area (Å²) in [5.74, 6) is 2.64. The van der Waals surface area contributed by atoms with Crippen molar-refractivity contribution in [2.24, 2.45) is 5.92 Å². The van der Waals surface area contributed by atoms with Gasteiger partial charge >= 0.3 is 0 Å². The van der Waals surface area contributed by atoms with E-state index < -0.39 is 0 Å². The average molecular weight is 261 g/mol. The molecule has 1 fully saturated rings. The first kappa shape index (κ1) is 12.8. The van der Waals surface area contributed by atoms with Gasteiger partial charge in [-0.2, -0.15) is 0 Å². The lowest BCUT2D eigenvalue weighted by Crippen LogP contribution is -2.34. The Labute approximate surface area is 115 Å². The van der Waals surface area contributed by atoms with E-state index in [1.807, 2.05) is 12.1 Å². The summed E-state index contributed by atoms with van der Waals surface area (Å²) in [7, 11) is 0. The van der Waals surface area contributed by atoms with Crippen LogP contribution in [0.15, 0.2) is 18.2 Å². The maximum absolute atomic E-state index is 5.55. The molecule has 1 aromatic carbocycles. The van der Waals surface area contributed by atoms with E-state index in [2.05, 4.69) is 18.3 Å². The van der Waals surface area contributed by atoms with E-state index >= 15 is 0 Å². The van der Waals surface area contributed by atoms with Crippen molar-refractivity contribution < 1.29 is 9.47 Å². The van der Waals surface area contributed by atoms with Crippen molar-refractivity contribution >= 4 is 0 Å². The smallest absolute Gasteiger partial charge is 0.231 e. The third kappa shape index (κ3) is 2.86. The number of hydrogen-bond acceptors (Lipinski definition) is 3. The first-order chi connectivity index (χ1) is 9.34. The fourth-order valence-corrected chi connectivity index (χ4v) is 3.20. The van der Waals surface area contributed by atoms with Gasteiger partial charge < -0.3 is 14.8 Å². The highest BCUT2D eigenvalue weighted by Crippen LogP contribution is 2.35. The Morgan fingerprint density at radius 3 is 2.89 bits per heavy atom. The van der Waals surface area contributed by atoms with Crippen LogP contribution in [0.2, 0.25) is 0 Å². The van der Waals surface area contributed by atoms with E-state index in [9.17, 15) is 0 Å². The largest absolute Gasteiger partial charge is 0.454 e. The monoisotopic (exact) mass is 261 g/mol. The molecular formula is C16H23NO2. The fourth-order valence-electron chi connectivity index (χ4n) is 3.20. The summed E-state index contributed by atoms with van der Waals surface area (Å²) in [5, 5.41) is 3.66. The number of para-hydroxylation sites is 1. The van der Waals surface area contributed by atoms with E-state index in [0.29, 0.717) is 12.8 Å². The Morgan fingerprint density at radius 2 is 2.05 bits per heavy atom. The van der Waals surface area contributed by atoms with E-state index in [4.69, 9.17) is 9.47 Å². The molecule has 0 spiro atoms. The van der Waals surface area contributed by atoms with Gasteiger partial charge in [0.1, 0.15) is 0 Å². The van der Waals surface area contributed by atoms with Gasteiger partial charge in [-0.1, -0.05) is 31.4 Å². The molecule has 2 aliphatic rings. The summed E-state index contributed by atoms with van der Waals surface area (Å²) >= 11 is 0. The van der Waals surface area contributed by atoms with Crippen LogP contribution < -0.4 is 14.8 Å². The van der Waals surface area contributed by atoms with Crippen LogP contribution in [0.5, 0.6) is 11.5 Å². The molecule has 1 saturated carbocycles. The molecule has 1 heterocycles. The number of hydrogen-bond donors (Lipinski definition) is 1. The highest BCUT2D eigenvalue weighted by molar-refractivity contribution is 5.48. The summed E-state index contributed by atoms with van der Waals surface area (Å²) in [6.45, 7) is 3.53. The Bertz CT molecular complexity index is 427. The molecule has 1 atom stereocenters. The lowest BCUT2D eigenvalue weighted by Gasteiger charge is -2.28. The molecule has 3 nitrogen and oxygen atoms in total. The summed E-state index contributed by atoms with van der Waals surface area (Å²) in [6, 6.07) is 6.71.